The first-order chi connectivity index (χ1) is 12.5. The third-order valence-corrected chi connectivity index (χ3v) is 3.96. The monoisotopic (exact) mass is 362 g/mol. The average molecular weight is 362 g/mol. The zero-order chi connectivity index (χ0) is 19.1. The van der Waals surface area contributed by atoms with Crippen molar-refractivity contribution >= 4 is 0 Å². The normalized spacial score (nSPS) is 10.2. The van der Waals surface area contributed by atoms with Crippen LogP contribution in [0.25, 0.3) is 0 Å². The predicted molar refractivity (Wildman–Crippen MR) is 99.6 cm³/mol. The Morgan fingerprint density at radius 3 is 1.15 bits per heavy atom. The highest BCUT2D eigenvalue weighted by Crippen LogP contribution is 2.35. The van der Waals surface area contributed by atoms with Gasteiger partial charge in [0.2, 0.25) is 0 Å². The molecule has 0 aliphatic heterocycles. The van der Waals surface area contributed by atoms with E-state index in [-0.39, 0.29) is 0 Å². The minimum Gasteiger partial charge on any atom is -0.496 e. The molecule has 2 aromatic carbocycles. The van der Waals surface area contributed by atoms with Crippen LogP contribution in [0.4, 0.5) is 0 Å². The maximum Gasteiger partial charge on any atom is 0.165 e. The Morgan fingerprint density at radius 1 is 0.500 bits per heavy atom. The minimum atomic E-state index is 0.335. The van der Waals surface area contributed by atoms with Crippen molar-refractivity contribution in [1.82, 2.24) is 0 Å². The Labute approximate surface area is 154 Å². The van der Waals surface area contributed by atoms with Gasteiger partial charge < -0.3 is 28.4 Å². The lowest BCUT2D eigenvalue weighted by atomic mass is 10.2. The zero-order valence-electron chi connectivity index (χ0n) is 16.2. The van der Waals surface area contributed by atoms with Crippen LogP contribution >= 0.6 is 0 Å². The number of aryl methyl sites for hydroxylation is 2. The van der Waals surface area contributed by atoms with Gasteiger partial charge in [-0.3, -0.25) is 0 Å². The molecule has 0 aromatic heterocycles. The van der Waals surface area contributed by atoms with Gasteiger partial charge in [0.25, 0.3) is 0 Å². The van der Waals surface area contributed by atoms with Crippen LogP contribution in [0.5, 0.6) is 34.5 Å². The molecule has 0 atom stereocenters. The molecular weight excluding hydrogens is 336 g/mol. The van der Waals surface area contributed by atoms with E-state index in [0.29, 0.717) is 36.2 Å². The molecule has 0 aliphatic rings. The summed E-state index contributed by atoms with van der Waals surface area (Å²) in [6.07, 6.45) is 0. The maximum atomic E-state index is 5.80. The molecule has 6 nitrogen and oxygen atoms in total. The van der Waals surface area contributed by atoms with E-state index < -0.39 is 0 Å². The average Bonchev–Trinajstić information content (AvgIpc) is 2.66. The van der Waals surface area contributed by atoms with Crippen molar-refractivity contribution in [2.24, 2.45) is 0 Å². The second kappa shape index (κ2) is 9.08. The summed E-state index contributed by atoms with van der Waals surface area (Å²) in [4.78, 5) is 0. The third kappa shape index (κ3) is 4.45. The second-order valence-electron chi connectivity index (χ2n) is 5.64. The van der Waals surface area contributed by atoms with Crippen LogP contribution in [0.3, 0.4) is 0 Å². The summed E-state index contributed by atoms with van der Waals surface area (Å²) in [5.41, 5.74) is 1.95. The maximum absolute atomic E-state index is 5.80. The number of rotatable bonds is 9. The fourth-order valence-electron chi connectivity index (χ4n) is 2.57. The van der Waals surface area contributed by atoms with E-state index in [1.165, 1.54) is 0 Å². The molecule has 2 aromatic rings. The SMILES string of the molecule is COc1cc(OCCOc2cc(OC)c(C)cc2OC)c(OC)cc1C. The van der Waals surface area contributed by atoms with Crippen molar-refractivity contribution in [2.45, 2.75) is 13.8 Å². The van der Waals surface area contributed by atoms with E-state index >= 15 is 0 Å². The summed E-state index contributed by atoms with van der Waals surface area (Å²) in [6.45, 7) is 4.57. The Balaban J connectivity index is 2.03. The molecule has 0 unspecified atom stereocenters. The van der Waals surface area contributed by atoms with Gasteiger partial charge in [0.15, 0.2) is 23.0 Å². The van der Waals surface area contributed by atoms with Crippen LogP contribution in [0.1, 0.15) is 11.1 Å². The van der Waals surface area contributed by atoms with Gasteiger partial charge in [0.1, 0.15) is 24.7 Å². The molecule has 0 heterocycles. The third-order valence-electron chi connectivity index (χ3n) is 3.96. The molecular formula is C20H26O6. The number of methoxy groups -OCH3 is 4. The van der Waals surface area contributed by atoms with Crippen LogP contribution < -0.4 is 28.4 Å². The van der Waals surface area contributed by atoms with Crippen molar-refractivity contribution < 1.29 is 28.4 Å². The van der Waals surface area contributed by atoms with E-state index in [4.69, 9.17) is 28.4 Å². The van der Waals surface area contributed by atoms with Gasteiger partial charge in [0, 0.05) is 12.1 Å². The zero-order valence-corrected chi connectivity index (χ0v) is 16.2. The van der Waals surface area contributed by atoms with Crippen LogP contribution in [0.15, 0.2) is 24.3 Å². The summed E-state index contributed by atoms with van der Waals surface area (Å²) in [7, 11) is 6.46. The van der Waals surface area contributed by atoms with E-state index in [9.17, 15) is 0 Å². The highest BCUT2D eigenvalue weighted by Gasteiger charge is 2.12. The molecule has 26 heavy (non-hydrogen) atoms. The predicted octanol–water partition coefficient (Wildman–Crippen LogP) is 3.80. The van der Waals surface area contributed by atoms with Gasteiger partial charge in [-0.05, 0) is 37.1 Å². The molecule has 6 heteroatoms. The lowest BCUT2D eigenvalue weighted by Gasteiger charge is -2.16. The van der Waals surface area contributed by atoms with Crippen LogP contribution in [0.2, 0.25) is 0 Å². The molecule has 0 N–H and O–H groups in total. The van der Waals surface area contributed by atoms with Gasteiger partial charge in [-0.1, -0.05) is 0 Å². The van der Waals surface area contributed by atoms with Gasteiger partial charge in [0.05, 0.1) is 28.4 Å². The highest BCUT2D eigenvalue weighted by molar-refractivity contribution is 5.51. The molecule has 2 rings (SSSR count). The summed E-state index contributed by atoms with van der Waals surface area (Å²) >= 11 is 0. The highest BCUT2D eigenvalue weighted by atomic mass is 16.6. The molecule has 0 bridgehead atoms. The Morgan fingerprint density at radius 2 is 0.846 bits per heavy atom. The van der Waals surface area contributed by atoms with E-state index in [1.54, 1.807) is 28.4 Å². The fraction of sp³-hybridized carbons (Fsp3) is 0.400. The van der Waals surface area contributed by atoms with Crippen molar-refractivity contribution in [3.05, 3.63) is 35.4 Å². The first kappa shape index (κ1) is 19.6. The summed E-state index contributed by atoms with van der Waals surface area (Å²) in [5.74, 6) is 3.99. The fourth-order valence-corrected chi connectivity index (χ4v) is 2.57. The van der Waals surface area contributed by atoms with Crippen LogP contribution in [-0.2, 0) is 0 Å². The molecule has 142 valence electrons. The number of hydrogen-bond acceptors (Lipinski definition) is 6. The summed E-state index contributed by atoms with van der Waals surface area (Å²) in [5, 5.41) is 0. The molecule has 0 amide bonds. The van der Waals surface area contributed by atoms with Crippen molar-refractivity contribution in [3.8, 4) is 34.5 Å². The van der Waals surface area contributed by atoms with Gasteiger partial charge in [-0.25, -0.2) is 0 Å². The minimum absolute atomic E-state index is 0.335. The standard InChI is InChI=1S/C20H26O6/c1-13-9-17(23-5)19(11-15(13)21-3)25-7-8-26-20-12-16(22-4)14(2)10-18(20)24-6/h9-12H,7-8H2,1-6H3. The topological polar surface area (TPSA) is 55.4 Å². The number of hydrogen-bond donors (Lipinski definition) is 0. The molecule has 0 fully saturated rings. The lowest BCUT2D eigenvalue weighted by molar-refractivity contribution is 0.205. The van der Waals surface area contributed by atoms with Crippen LogP contribution in [0, 0.1) is 13.8 Å². The van der Waals surface area contributed by atoms with E-state index in [0.717, 1.165) is 22.6 Å². The van der Waals surface area contributed by atoms with E-state index in [2.05, 4.69) is 0 Å². The molecule has 0 aliphatic carbocycles. The first-order valence-electron chi connectivity index (χ1n) is 8.24. The largest absolute Gasteiger partial charge is 0.496 e. The van der Waals surface area contributed by atoms with Gasteiger partial charge in [-0.15, -0.1) is 0 Å². The second-order valence-corrected chi connectivity index (χ2v) is 5.64. The van der Waals surface area contributed by atoms with Crippen molar-refractivity contribution in [2.75, 3.05) is 41.7 Å². The summed E-state index contributed by atoms with van der Waals surface area (Å²) in [6, 6.07) is 7.37. The number of ether oxygens (including phenoxy) is 6. The van der Waals surface area contributed by atoms with Gasteiger partial charge >= 0.3 is 0 Å². The Kier molecular flexibility index (Phi) is 6.83. The molecule has 0 saturated heterocycles. The molecule has 0 saturated carbocycles. The van der Waals surface area contributed by atoms with Crippen LogP contribution in [-0.4, -0.2) is 41.7 Å². The van der Waals surface area contributed by atoms with E-state index in [1.807, 2.05) is 38.1 Å². The lowest BCUT2D eigenvalue weighted by Crippen LogP contribution is -2.10. The molecule has 0 spiro atoms. The van der Waals surface area contributed by atoms with Crippen molar-refractivity contribution in [3.63, 3.8) is 0 Å². The van der Waals surface area contributed by atoms with Crippen molar-refractivity contribution in [1.29, 1.82) is 0 Å². The quantitative estimate of drug-likeness (QED) is 0.633. The Bertz CT molecular complexity index is 678. The number of benzene rings is 2. The molecule has 0 radical (unpaired) electrons. The first-order valence-corrected chi connectivity index (χ1v) is 8.24. The summed E-state index contributed by atoms with van der Waals surface area (Å²) < 4.78 is 33.0. The van der Waals surface area contributed by atoms with Gasteiger partial charge in [-0.2, -0.15) is 0 Å². The Hall–Kier alpha value is -2.76. The smallest absolute Gasteiger partial charge is 0.165 e.